The molecule has 0 radical (unpaired) electrons. The molecule has 15 heavy (non-hydrogen) atoms. The van der Waals surface area contributed by atoms with Crippen molar-refractivity contribution in [1.82, 2.24) is 9.78 Å². The number of unbranched alkanes of at least 4 members (excludes halogenated alkanes) is 2. The van der Waals surface area contributed by atoms with Gasteiger partial charge in [0.15, 0.2) is 0 Å². The van der Waals surface area contributed by atoms with Crippen LogP contribution in [-0.4, -0.2) is 15.8 Å². The molecule has 1 heterocycles. The molecule has 1 rings (SSSR count). The van der Waals surface area contributed by atoms with Gasteiger partial charge in [-0.25, -0.2) is 0 Å². The molecular formula is C12H23N3. The summed E-state index contributed by atoms with van der Waals surface area (Å²) in [7, 11) is 1.97. The number of aromatic nitrogens is 2. The van der Waals surface area contributed by atoms with Crippen LogP contribution in [0.25, 0.3) is 0 Å². The lowest BCUT2D eigenvalue weighted by Crippen LogP contribution is -2.15. The zero-order valence-corrected chi connectivity index (χ0v) is 10.4. The Balaban J connectivity index is 2.37. The van der Waals surface area contributed by atoms with Crippen molar-refractivity contribution < 1.29 is 0 Å². The first kappa shape index (κ1) is 12.1. The lowest BCUT2D eigenvalue weighted by molar-refractivity contribution is 0.614. The van der Waals surface area contributed by atoms with Crippen LogP contribution in [0.15, 0.2) is 6.20 Å². The van der Waals surface area contributed by atoms with E-state index >= 15 is 0 Å². The second kappa shape index (κ2) is 5.79. The first-order valence-electron chi connectivity index (χ1n) is 5.90. The third kappa shape index (κ3) is 3.57. The fourth-order valence-electron chi connectivity index (χ4n) is 1.68. The fraction of sp³-hybridized carbons (Fsp3) is 0.750. The normalized spacial score (nSPS) is 12.8. The second-order valence-electron chi connectivity index (χ2n) is 4.31. The van der Waals surface area contributed by atoms with E-state index in [1.165, 1.54) is 37.1 Å². The summed E-state index contributed by atoms with van der Waals surface area (Å²) in [4.78, 5) is 0. The average molecular weight is 209 g/mol. The molecule has 1 aromatic heterocycles. The predicted octanol–water partition coefficient (Wildman–Crippen LogP) is 3.11. The molecule has 0 aromatic carbocycles. The molecule has 0 amide bonds. The Morgan fingerprint density at radius 1 is 1.47 bits per heavy atom. The Morgan fingerprint density at radius 3 is 2.73 bits per heavy atom. The summed E-state index contributed by atoms with van der Waals surface area (Å²) in [6, 6.07) is 0.541. The fourth-order valence-corrected chi connectivity index (χ4v) is 1.68. The van der Waals surface area contributed by atoms with Gasteiger partial charge in [-0.05, 0) is 20.3 Å². The zero-order chi connectivity index (χ0) is 11.3. The predicted molar refractivity (Wildman–Crippen MR) is 65.2 cm³/mol. The molecule has 0 aliphatic carbocycles. The maximum Gasteiger partial charge on any atom is 0.0758 e. The molecule has 1 N–H and O–H groups in total. The van der Waals surface area contributed by atoms with Crippen LogP contribution in [0, 0.1) is 6.92 Å². The molecule has 3 heteroatoms. The molecule has 0 fully saturated rings. The van der Waals surface area contributed by atoms with Crippen LogP contribution in [0.3, 0.4) is 0 Å². The van der Waals surface area contributed by atoms with E-state index in [-0.39, 0.29) is 0 Å². The molecule has 3 nitrogen and oxygen atoms in total. The van der Waals surface area contributed by atoms with E-state index in [0.29, 0.717) is 6.04 Å². The van der Waals surface area contributed by atoms with Crippen LogP contribution in [0.2, 0.25) is 0 Å². The van der Waals surface area contributed by atoms with E-state index in [1.54, 1.807) is 0 Å². The topological polar surface area (TPSA) is 29.9 Å². The minimum absolute atomic E-state index is 0.541. The summed E-state index contributed by atoms with van der Waals surface area (Å²) in [5, 5.41) is 7.73. The molecule has 1 atom stereocenters. The van der Waals surface area contributed by atoms with Crippen LogP contribution in [0.5, 0.6) is 0 Å². The zero-order valence-electron chi connectivity index (χ0n) is 10.4. The lowest BCUT2D eigenvalue weighted by Gasteiger charge is -2.14. The average Bonchev–Trinajstić information content (AvgIpc) is 2.50. The van der Waals surface area contributed by atoms with Crippen LogP contribution < -0.4 is 5.32 Å². The maximum atomic E-state index is 4.22. The summed E-state index contributed by atoms with van der Waals surface area (Å²) in [5.74, 6) is 0. The first-order chi connectivity index (χ1) is 7.15. The third-order valence-electron chi connectivity index (χ3n) is 2.88. The second-order valence-corrected chi connectivity index (χ2v) is 4.31. The van der Waals surface area contributed by atoms with E-state index in [2.05, 4.69) is 31.2 Å². The summed E-state index contributed by atoms with van der Waals surface area (Å²) in [6.07, 6.45) is 7.08. The van der Waals surface area contributed by atoms with Crippen molar-refractivity contribution in [3.05, 3.63) is 11.9 Å². The van der Waals surface area contributed by atoms with E-state index < -0.39 is 0 Å². The van der Waals surface area contributed by atoms with Crippen LogP contribution >= 0.6 is 0 Å². The van der Waals surface area contributed by atoms with Crippen molar-refractivity contribution in [2.24, 2.45) is 7.05 Å². The maximum absolute atomic E-state index is 4.22. The van der Waals surface area contributed by atoms with Crippen LogP contribution in [0.1, 0.15) is 45.2 Å². The molecule has 86 valence electrons. The van der Waals surface area contributed by atoms with Crippen molar-refractivity contribution in [2.45, 2.75) is 52.5 Å². The Morgan fingerprint density at radius 2 is 2.20 bits per heavy atom. The first-order valence-corrected chi connectivity index (χ1v) is 5.90. The van der Waals surface area contributed by atoms with Crippen molar-refractivity contribution in [3.63, 3.8) is 0 Å². The molecule has 0 spiro atoms. The third-order valence-corrected chi connectivity index (χ3v) is 2.88. The van der Waals surface area contributed by atoms with Gasteiger partial charge in [0, 0.05) is 13.1 Å². The van der Waals surface area contributed by atoms with Gasteiger partial charge in [-0.15, -0.1) is 0 Å². The van der Waals surface area contributed by atoms with Gasteiger partial charge in [0.25, 0.3) is 0 Å². The number of nitrogens with zero attached hydrogens (tertiary/aromatic N) is 2. The summed E-state index contributed by atoms with van der Waals surface area (Å²) >= 11 is 0. The standard InChI is InChI=1S/C12H23N3/c1-5-6-7-8-10(2)14-12-9-13-15(4)11(12)3/h9-10,14H,5-8H2,1-4H3. The van der Waals surface area contributed by atoms with E-state index in [9.17, 15) is 0 Å². The summed E-state index contributed by atoms with van der Waals surface area (Å²) in [6.45, 7) is 6.57. The van der Waals surface area contributed by atoms with Gasteiger partial charge in [-0.1, -0.05) is 26.2 Å². The van der Waals surface area contributed by atoms with Gasteiger partial charge in [0.2, 0.25) is 0 Å². The number of anilines is 1. The Kier molecular flexibility index (Phi) is 4.66. The highest BCUT2D eigenvalue weighted by Crippen LogP contribution is 2.15. The Bertz CT molecular complexity index is 291. The largest absolute Gasteiger partial charge is 0.380 e. The van der Waals surface area contributed by atoms with Crippen molar-refractivity contribution in [2.75, 3.05) is 5.32 Å². The van der Waals surface area contributed by atoms with Gasteiger partial charge in [-0.3, -0.25) is 4.68 Å². The number of nitrogens with one attached hydrogen (secondary N) is 1. The molecule has 1 unspecified atom stereocenters. The molecule has 0 aliphatic rings. The number of hydrogen-bond acceptors (Lipinski definition) is 2. The molecule has 0 bridgehead atoms. The minimum Gasteiger partial charge on any atom is -0.380 e. The van der Waals surface area contributed by atoms with Crippen molar-refractivity contribution in [1.29, 1.82) is 0 Å². The van der Waals surface area contributed by atoms with Crippen LogP contribution in [0.4, 0.5) is 5.69 Å². The number of rotatable bonds is 6. The highest BCUT2D eigenvalue weighted by molar-refractivity contribution is 5.46. The number of hydrogen-bond donors (Lipinski definition) is 1. The molecule has 0 saturated carbocycles. The van der Waals surface area contributed by atoms with E-state index in [0.717, 1.165) is 0 Å². The monoisotopic (exact) mass is 209 g/mol. The van der Waals surface area contributed by atoms with E-state index in [4.69, 9.17) is 0 Å². The Hall–Kier alpha value is -0.990. The minimum atomic E-state index is 0.541. The summed E-state index contributed by atoms with van der Waals surface area (Å²) < 4.78 is 1.90. The molecular weight excluding hydrogens is 186 g/mol. The molecule has 1 aromatic rings. The van der Waals surface area contributed by atoms with Crippen LogP contribution in [-0.2, 0) is 7.05 Å². The SMILES string of the molecule is CCCCCC(C)Nc1cnn(C)c1C. The number of aryl methyl sites for hydroxylation is 1. The van der Waals surface area contributed by atoms with E-state index in [1.807, 2.05) is 17.9 Å². The van der Waals surface area contributed by atoms with Gasteiger partial charge in [-0.2, -0.15) is 5.10 Å². The van der Waals surface area contributed by atoms with Gasteiger partial charge in [0.05, 0.1) is 17.6 Å². The van der Waals surface area contributed by atoms with Gasteiger partial charge in [0.1, 0.15) is 0 Å². The lowest BCUT2D eigenvalue weighted by atomic mass is 10.1. The van der Waals surface area contributed by atoms with Gasteiger partial charge >= 0.3 is 0 Å². The molecule has 0 saturated heterocycles. The van der Waals surface area contributed by atoms with Crippen molar-refractivity contribution >= 4 is 5.69 Å². The highest BCUT2D eigenvalue weighted by Gasteiger charge is 2.06. The summed E-state index contributed by atoms with van der Waals surface area (Å²) in [5.41, 5.74) is 2.37. The van der Waals surface area contributed by atoms with Crippen molar-refractivity contribution in [3.8, 4) is 0 Å². The van der Waals surface area contributed by atoms with Gasteiger partial charge < -0.3 is 5.32 Å². The molecule has 0 aliphatic heterocycles. The Labute approximate surface area is 92.9 Å². The smallest absolute Gasteiger partial charge is 0.0758 e. The highest BCUT2D eigenvalue weighted by atomic mass is 15.3. The quantitative estimate of drug-likeness (QED) is 0.730.